The Morgan fingerprint density at radius 2 is 1.91 bits per heavy atom. The van der Waals surface area contributed by atoms with E-state index in [1.165, 1.54) is 5.01 Å². The zero-order valence-electron chi connectivity index (χ0n) is 7.18. The van der Waals surface area contributed by atoms with Crippen molar-refractivity contribution in [3.8, 4) is 0 Å². The van der Waals surface area contributed by atoms with Gasteiger partial charge in [0.1, 0.15) is 0 Å². The molecular formula is C5H12N6. The molecule has 0 radical (unpaired) electrons. The Morgan fingerprint density at radius 3 is 2.18 bits per heavy atom. The molecule has 0 aliphatic heterocycles. The molecule has 0 aromatic heterocycles. The Morgan fingerprint density at radius 1 is 1.36 bits per heavy atom. The summed E-state index contributed by atoms with van der Waals surface area (Å²) in [7, 11) is 6.93. The topological polar surface area (TPSA) is 67.6 Å². The maximum Gasteiger partial charge on any atom is 0.294 e. The minimum atomic E-state index is 0.614. The molecule has 0 N–H and O–H groups in total. The number of azide groups is 1. The van der Waals surface area contributed by atoms with Crippen LogP contribution in [-0.2, 0) is 0 Å². The summed E-state index contributed by atoms with van der Waals surface area (Å²) in [5.41, 5.74) is 8.11. The van der Waals surface area contributed by atoms with Gasteiger partial charge in [-0.3, -0.25) is 0 Å². The molecule has 6 nitrogen and oxygen atoms in total. The van der Waals surface area contributed by atoms with Crippen LogP contribution in [0.3, 0.4) is 0 Å². The predicted octanol–water partition coefficient (Wildman–Crippen LogP) is 0.691. The molecule has 62 valence electrons. The van der Waals surface area contributed by atoms with Crippen molar-refractivity contribution in [2.75, 3.05) is 28.2 Å². The van der Waals surface area contributed by atoms with E-state index in [1.807, 2.05) is 14.1 Å². The molecule has 0 saturated heterocycles. The Hall–Kier alpha value is -1.42. The quantitative estimate of drug-likeness (QED) is 0.140. The third kappa shape index (κ3) is 2.77. The first kappa shape index (κ1) is 9.58. The molecule has 0 aliphatic carbocycles. The molecular weight excluding hydrogens is 144 g/mol. The largest absolute Gasteiger partial charge is 0.329 e. The highest BCUT2D eigenvalue weighted by Crippen LogP contribution is 1.91. The monoisotopic (exact) mass is 156 g/mol. The molecule has 0 unspecified atom stereocenters. The van der Waals surface area contributed by atoms with E-state index in [-0.39, 0.29) is 0 Å². The molecule has 0 bridgehead atoms. The number of aliphatic imine (C=N–C) groups is 1. The molecule has 0 saturated carbocycles. The van der Waals surface area contributed by atoms with Crippen molar-refractivity contribution >= 4 is 5.96 Å². The van der Waals surface area contributed by atoms with Gasteiger partial charge in [0.2, 0.25) is 0 Å². The summed E-state index contributed by atoms with van der Waals surface area (Å²) >= 11 is 0. The molecule has 6 heteroatoms. The summed E-state index contributed by atoms with van der Waals surface area (Å²) in [6.45, 7) is 0. The van der Waals surface area contributed by atoms with Gasteiger partial charge in [0, 0.05) is 21.1 Å². The second kappa shape index (κ2) is 4.40. The van der Waals surface area contributed by atoms with Crippen molar-refractivity contribution in [2.24, 2.45) is 10.2 Å². The Balaban J connectivity index is 4.39. The van der Waals surface area contributed by atoms with E-state index in [4.69, 9.17) is 5.53 Å². The van der Waals surface area contributed by atoms with E-state index < -0.39 is 0 Å². The van der Waals surface area contributed by atoms with Crippen LogP contribution in [0.25, 0.3) is 10.4 Å². The lowest BCUT2D eigenvalue weighted by Crippen LogP contribution is -2.34. The fourth-order valence-corrected chi connectivity index (χ4v) is 0.734. The molecule has 0 rings (SSSR count). The van der Waals surface area contributed by atoms with E-state index >= 15 is 0 Å². The standard InChI is InChI=1S/C5H12N6/c1-7-5(10(2)3)11(4)9-8-6/h1-4H3. The summed E-state index contributed by atoms with van der Waals surface area (Å²) in [6, 6.07) is 0. The minimum absolute atomic E-state index is 0.614. The average molecular weight is 156 g/mol. The molecule has 0 fully saturated rings. The van der Waals surface area contributed by atoms with Crippen LogP contribution in [0.1, 0.15) is 0 Å². The molecule has 0 spiro atoms. The summed E-state index contributed by atoms with van der Waals surface area (Å²) in [6.07, 6.45) is 0. The van der Waals surface area contributed by atoms with Gasteiger partial charge in [-0.05, 0) is 5.22 Å². The van der Waals surface area contributed by atoms with Crippen LogP contribution in [0.15, 0.2) is 10.2 Å². The third-order valence-corrected chi connectivity index (χ3v) is 1.06. The van der Waals surface area contributed by atoms with Gasteiger partial charge in [0.15, 0.2) is 0 Å². The third-order valence-electron chi connectivity index (χ3n) is 1.06. The van der Waals surface area contributed by atoms with Crippen molar-refractivity contribution < 1.29 is 0 Å². The van der Waals surface area contributed by atoms with Gasteiger partial charge < -0.3 is 4.90 Å². The molecule has 0 aromatic carbocycles. The van der Waals surface area contributed by atoms with Gasteiger partial charge in [0.05, 0.1) is 7.05 Å². The molecule has 0 atom stereocenters. The van der Waals surface area contributed by atoms with Crippen LogP contribution < -0.4 is 0 Å². The van der Waals surface area contributed by atoms with E-state index in [2.05, 4.69) is 15.1 Å². The van der Waals surface area contributed by atoms with Crippen molar-refractivity contribution in [1.29, 1.82) is 0 Å². The van der Waals surface area contributed by atoms with Gasteiger partial charge in [-0.2, -0.15) is 9.92 Å². The van der Waals surface area contributed by atoms with Gasteiger partial charge in [-0.15, -0.1) is 5.53 Å². The van der Waals surface area contributed by atoms with E-state index in [1.54, 1.807) is 19.0 Å². The van der Waals surface area contributed by atoms with E-state index in [0.717, 1.165) is 0 Å². The lowest BCUT2D eigenvalue weighted by Gasteiger charge is -2.16. The van der Waals surface area contributed by atoms with Crippen LogP contribution in [0.2, 0.25) is 0 Å². The van der Waals surface area contributed by atoms with Crippen molar-refractivity contribution in [1.82, 2.24) is 9.91 Å². The fourth-order valence-electron chi connectivity index (χ4n) is 0.734. The SMILES string of the molecule is CN=C(N(C)C)N(C)N=[N+]=[N-]. The maximum atomic E-state index is 8.11. The second-order valence-corrected chi connectivity index (χ2v) is 2.12. The summed E-state index contributed by atoms with van der Waals surface area (Å²) < 4.78 is 0. The number of guanidine groups is 1. The van der Waals surface area contributed by atoms with E-state index in [9.17, 15) is 0 Å². The van der Waals surface area contributed by atoms with Crippen LogP contribution >= 0.6 is 0 Å². The van der Waals surface area contributed by atoms with Crippen LogP contribution in [0.4, 0.5) is 0 Å². The van der Waals surface area contributed by atoms with Gasteiger partial charge in [-0.25, -0.2) is 4.99 Å². The highest BCUT2D eigenvalue weighted by Gasteiger charge is 2.08. The molecule has 0 heterocycles. The normalized spacial score (nSPS) is 10.4. The van der Waals surface area contributed by atoms with Crippen LogP contribution in [0, 0.1) is 0 Å². The zero-order chi connectivity index (χ0) is 8.85. The number of hydrogen-bond donors (Lipinski definition) is 0. The number of rotatable bonds is 1. The van der Waals surface area contributed by atoms with Gasteiger partial charge in [0.25, 0.3) is 5.96 Å². The fraction of sp³-hybridized carbons (Fsp3) is 0.800. The minimum Gasteiger partial charge on any atom is -0.329 e. The average Bonchev–Trinajstić information content (AvgIpc) is 1.88. The van der Waals surface area contributed by atoms with Gasteiger partial charge >= 0.3 is 0 Å². The summed E-state index contributed by atoms with van der Waals surface area (Å²) in [5, 5.41) is 4.72. The molecule has 0 aromatic rings. The molecule has 11 heavy (non-hydrogen) atoms. The predicted molar refractivity (Wildman–Crippen MR) is 44.0 cm³/mol. The maximum absolute atomic E-state index is 8.11. The van der Waals surface area contributed by atoms with Crippen molar-refractivity contribution in [3.05, 3.63) is 10.4 Å². The van der Waals surface area contributed by atoms with Crippen LogP contribution in [0.5, 0.6) is 0 Å². The Labute approximate surface area is 65.7 Å². The summed E-state index contributed by atoms with van der Waals surface area (Å²) in [5.74, 6) is 0.614. The van der Waals surface area contributed by atoms with Gasteiger partial charge in [-0.1, -0.05) is 0 Å². The smallest absolute Gasteiger partial charge is 0.294 e. The highest BCUT2D eigenvalue weighted by atomic mass is 15.6. The highest BCUT2D eigenvalue weighted by molar-refractivity contribution is 5.78. The van der Waals surface area contributed by atoms with Crippen molar-refractivity contribution in [3.63, 3.8) is 0 Å². The number of nitrogens with zero attached hydrogens (tertiary/aromatic N) is 6. The summed E-state index contributed by atoms with van der Waals surface area (Å²) in [4.78, 5) is 8.30. The van der Waals surface area contributed by atoms with Crippen LogP contribution in [-0.4, -0.2) is 44.1 Å². The number of hydrogen-bond acceptors (Lipinski definition) is 2. The Kier molecular flexibility index (Phi) is 3.84. The molecule has 0 amide bonds. The molecule has 0 aliphatic rings. The first-order valence-corrected chi connectivity index (χ1v) is 3.06. The first-order chi connectivity index (χ1) is 5.13. The first-order valence-electron chi connectivity index (χ1n) is 3.06. The lowest BCUT2D eigenvalue weighted by atomic mass is 10.7. The van der Waals surface area contributed by atoms with Crippen molar-refractivity contribution in [2.45, 2.75) is 0 Å². The second-order valence-electron chi connectivity index (χ2n) is 2.12. The van der Waals surface area contributed by atoms with E-state index in [0.29, 0.717) is 5.96 Å². The Bertz CT molecular complexity index is 189. The zero-order valence-corrected chi connectivity index (χ0v) is 7.18. The lowest BCUT2D eigenvalue weighted by molar-refractivity contribution is 0.438.